The Hall–Kier alpha value is -1.30. The highest BCUT2D eigenvalue weighted by atomic mass is 79.9. The second kappa shape index (κ2) is 4.08. The van der Waals surface area contributed by atoms with Crippen molar-refractivity contribution >= 4 is 27.9 Å². The second-order valence-corrected chi connectivity index (χ2v) is 2.92. The molecule has 0 aliphatic rings. The predicted octanol–water partition coefficient (Wildman–Crippen LogP) is 1.11. The molecule has 6 heteroatoms. The van der Waals surface area contributed by atoms with Gasteiger partial charge in [-0.3, -0.25) is 10.1 Å². The minimum Gasteiger partial charge on any atom is -0.444 e. The van der Waals surface area contributed by atoms with Gasteiger partial charge < -0.3 is 9.73 Å². The fraction of sp³-hybridized carbons (Fsp3) is 0.143. The topological polar surface area (TPSA) is 71.3 Å². The molecule has 0 unspecified atom stereocenters. The molecule has 5 nitrogen and oxygen atoms in total. The number of carbonyl (C=O) groups excluding carboxylic acids is 2. The average Bonchev–Trinajstić information content (AvgIpc) is 2.51. The first-order chi connectivity index (χ1) is 6.13. The molecule has 0 aromatic carbocycles. The number of halogens is 1. The summed E-state index contributed by atoms with van der Waals surface area (Å²) in [6.45, 7) is 0. The number of imide groups is 1. The molecule has 0 saturated heterocycles. The molecule has 1 aromatic rings. The number of hydrogen-bond acceptors (Lipinski definition) is 3. The summed E-state index contributed by atoms with van der Waals surface area (Å²) in [4.78, 5) is 21.8. The monoisotopic (exact) mass is 246 g/mol. The van der Waals surface area contributed by atoms with Gasteiger partial charge in [0.2, 0.25) is 0 Å². The first-order valence-electron chi connectivity index (χ1n) is 3.42. The lowest BCUT2D eigenvalue weighted by Gasteiger charge is -1.98. The lowest BCUT2D eigenvalue weighted by Crippen LogP contribution is -2.37. The van der Waals surface area contributed by atoms with Crippen molar-refractivity contribution in [3.63, 3.8) is 0 Å². The molecule has 70 valence electrons. The van der Waals surface area contributed by atoms with Crippen LogP contribution in [0.15, 0.2) is 21.2 Å². The van der Waals surface area contributed by atoms with Crippen molar-refractivity contribution in [2.45, 2.75) is 0 Å². The quantitative estimate of drug-likeness (QED) is 0.780. The number of amides is 3. The number of rotatable bonds is 1. The summed E-state index contributed by atoms with van der Waals surface area (Å²) in [6.07, 6.45) is 0. The minimum atomic E-state index is -0.579. The lowest BCUT2D eigenvalue weighted by atomic mass is 10.4. The second-order valence-electron chi connectivity index (χ2n) is 2.14. The fourth-order valence-electron chi connectivity index (χ4n) is 0.664. The maximum Gasteiger partial charge on any atom is 0.321 e. The molecule has 0 atom stereocenters. The van der Waals surface area contributed by atoms with Gasteiger partial charge in [0.15, 0.2) is 10.4 Å². The van der Waals surface area contributed by atoms with Crippen LogP contribution in [0.1, 0.15) is 10.6 Å². The number of urea groups is 1. The summed E-state index contributed by atoms with van der Waals surface area (Å²) in [7, 11) is 1.42. The van der Waals surface area contributed by atoms with Gasteiger partial charge in [-0.2, -0.15) is 0 Å². The zero-order valence-electron chi connectivity index (χ0n) is 6.76. The molecule has 0 bridgehead atoms. The zero-order valence-corrected chi connectivity index (χ0v) is 8.34. The Morgan fingerprint density at radius 2 is 2.15 bits per heavy atom. The van der Waals surface area contributed by atoms with Crippen LogP contribution in [0, 0.1) is 0 Å². The van der Waals surface area contributed by atoms with E-state index >= 15 is 0 Å². The van der Waals surface area contributed by atoms with Crippen molar-refractivity contribution in [2.75, 3.05) is 7.05 Å². The third-order valence-electron chi connectivity index (χ3n) is 1.25. The van der Waals surface area contributed by atoms with E-state index in [1.807, 2.05) is 0 Å². The van der Waals surface area contributed by atoms with E-state index in [0.29, 0.717) is 4.67 Å². The SMILES string of the molecule is CNC(=O)NC(=O)c1ccc(Br)o1. The van der Waals surface area contributed by atoms with Gasteiger partial charge in [0, 0.05) is 7.05 Å². The standard InChI is InChI=1S/C7H7BrN2O3/c1-9-7(12)10-6(11)4-2-3-5(8)13-4/h2-3H,1H3,(H2,9,10,11,12). The summed E-state index contributed by atoms with van der Waals surface area (Å²) in [5.74, 6) is -0.500. The van der Waals surface area contributed by atoms with Crippen LogP contribution in [0.4, 0.5) is 4.79 Å². The van der Waals surface area contributed by atoms with Crippen LogP contribution < -0.4 is 10.6 Å². The van der Waals surface area contributed by atoms with Gasteiger partial charge in [0.05, 0.1) is 0 Å². The van der Waals surface area contributed by atoms with Gasteiger partial charge in [0.25, 0.3) is 5.91 Å². The number of nitrogens with one attached hydrogen (secondary N) is 2. The summed E-state index contributed by atoms with van der Waals surface area (Å²) >= 11 is 3.04. The van der Waals surface area contributed by atoms with Gasteiger partial charge in [0.1, 0.15) is 0 Å². The van der Waals surface area contributed by atoms with Crippen LogP contribution in [0.5, 0.6) is 0 Å². The van der Waals surface area contributed by atoms with Crippen LogP contribution in [0.3, 0.4) is 0 Å². The summed E-state index contributed by atoms with van der Waals surface area (Å²) in [6, 6.07) is 2.46. The number of carbonyl (C=O) groups is 2. The number of furan rings is 1. The highest BCUT2D eigenvalue weighted by Gasteiger charge is 2.12. The van der Waals surface area contributed by atoms with Crippen molar-refractivity contribution in [3.05, 3.63) is 22.6 Å². The van der Waals surface area contributed by atoms with E-state index in [1.165, 1.54) is 13.1 Å². The first kappa shape index (κ1) is 9.79. The molecule has 0 spiro atoms. The maximum absolute atomic E-state index is 11.1. The van der Waals surface area contributed by atoms with Crippen LogP contribution in [0.2, 0.25) is 0 Å². The van der Waals surface area contributed by atoms with E-state index in [0.717, 1.165) is 0 Å². The van der Waals surface area contributed by atoms with Crippen LogP contribution in [-0.2, 0) is 0 Å². The molecule has 1 rings (SSSR count). The Labute approximate surface area is 82.6 Å². The Kier molecular flexibility index (Phi) is 3.07. The summed E-state index contributed by atoms with van der Waals surface area (Å²) in [5.41, 5.74) is 0. The van der Waals surface area contributed by atoms with Crippen LogP contribution in [-0.4, -0.2) is 19.0 Å². The van der Waals surface area contributed by atoms with Crippen LogP contribution >= 0.6 is 15.9 Å². The van der Waals surface area contributed by atoms with E-state index in [1.54, 1.807) is 6.07 Å². The highest BCUT2D eigenvalue weighted by molar-refractivity contribution is 9.10. The Bertz CT molecular complexity index is 334. The molecule has 0 radical (unpaired) electrons. The smallest absolute Gasteiger partial charge is 0.321 e. The van der Waals surface area contributed by atoms with Crippen LogP contribution in [0.25, 0.3) is 0 Å². The molecule has 0 aliphatic heterocycles. The van der Waals surface area contributed by atoms with E-state index in [-0.39, 0.29) is 5.76 Å². The van der Waals surface area contributed by atoms with E-state index in [2.05, 4.69) is 26.6 Å². The summed E-state index contributed by atoms with van der Waals surface area (Å²) in [5, 5.41) is 4.30. The lowest BCUT2D eigenvalue weighted by molar-refractivity contribution is 0.0936. The Morgan fingerprint density at radius 1 is 1.46 bits per heavy atom. The van der Waals surface area contributed by atoms with Gasteiger partial charge in [-0.15, -0.1) is 0 Å². The van der Waals surface area contributed by atoms with Crippen molar-refractivity contribution < 1.29 is 14.0 Å². The molecule has 0 saturated carbocycles. The zero-order chi connectivity index (χ0) is 9.84. The average molecular weight is 247 g/mol. The normalized spacial score (nSPS) is 9.38. The van der Waals surface area contributed by atoms with Gasteiger partial charge >= 0.3 is 6.03 Å². The number of hydrogen-bond donors (Lipinski definition) is 2. The third kappa shape index (κ3) is 2.59. The van der Waals surface area contributed by atoms with Crippen molar-refractivity contribution in [1.29, 1.82) is 0 Å². The highest BCUT2D eigenvalue weighted by Crippen LogP contribution is 2.13. The minimum absolute atomic E-state index is 0.0791. The Morgan fingerprint density at radius 3 is 2.62 bits per heavy atom. The summed E-state index contributed by atoms with van der Waals surface area (Å²) < 4.78 is 5.35. The third-order valence-corrected chi connectivity index (χ3v) is 1.68. The van der Waals surface area contributed by atoms with E-state index < -0.39 is 11.9 Å². The maximum atomic E-state index is 11.1. The molecule has 1 heterocycles. The molecular formula is C7H7BrN2O3. The van der Waals surface area contributed by atoms with Gasteiger partial charge in [-0.1, -0.05) is 0 Å². The predicted molar refractivity (Wildman–Crippen MR) is 48.3 cm³/mol. The first-order valence-corrected chi connectivity index (χ1v) is 4.21. The van der Waals surface area contributed by atoms with Crippen molar-refractivity contribution in [2.24, 2.45) is 0 Å². The van der Waals surface area contributed by atoms with E-state index in [9.17, 15) is 9.59 Å². The van der Waals surface area contributed by atoms with Crippen molar-refractivity contribution in [1.82, 2.24) is 10.6 Å². The molecule has 0 fully saturated rings. The van der Waals surface area contributed by atoms with E-state index in [4.69, 9.17) is 4.42 Å². The largest absolute Gasteiger partial charge is 0.444 e. The molecular weight excluding hydrogens is 240 g/mol. The molecule has 3 amide bonds. The fourth-order valence-corrected chi connectivity index (χ4v) is 0.970. The molecule has 0 aliphatic carbocycles. The van der Waals surface area contributed by atoms with Gasteiger partial charge in [-0.05, 0) is 28.1 Å². The van der Waals surface area contributed by atoms with Crippen molar-refractivity contribution in [3.8, 4) is 0 Å². The molecule has 1 aromatic heterocycles. The Balaban J connectivity index is 2.64. The van der Waals surface area contributed by atoms with Gasteiger partial charge in [-0.25, -0.2) is 4.79 Å². The molecule has 13 heavy (non-hydrogen) atoms. The molecule has 2 N–H and O–H groups in total.